The zero-order chi connectivity index (χ0) is 57.8. The summed E-state index contributed by atoms with van der Waals surface area (Å²) in [7, 11) is 0. The van der Waals surface area contributed by atoms with Crippen molar-refractivity contribution >= 4 is 17.9 Å². The van der Waals surface area contributed by atoms with Crippen molar-refractivity contribution in [2.75, 3.05) is 13.2 Å². The second-order valence-corrected chi connectivity index (χ2v) is 23.1. The van der Waals surface area contributed by atoms with Crippen LogP contribution in [-0.2, 0) is 28.6 Å². The third-order valence-electron chi connectivity index (χ3n) is 15.1. The standard InChI is InChI=1S/C74H130O6/c1-4-7-10-13-16-19-22-25-28-31-34-36-37-39-40-43-46-49-52-55-58-61-64-67-73(76)79-70-71(69-78-72(75)66-63-60-57-54-51-48-45-42-33-30-27-24-21-18-15-12-9-6-3)80-74(77)68-65-62-59-56-53-50-47-44-41-38-35-32-29-26-23-20-17-14-11-8-5-2/h7,10,16,19,25,28,30,32-36,39-40,71H,4-6,8-9,11-15,17-18,20-24,26-27,29,31,37-38,41-70H2,1-3H3/b10-7-,19-16-,28-25-,33-30-,35-32-,36-34-,40-39-. The summed E-state index contributed by atoms with van der Waals surface area (Å²) in [4.78, 5) is 38.5. The molecule has 6 nitrogen and oxygen atoms in total. The third-order valence-corrected chi connectivity index (χ3v) is 15.1. The predicted molar refractivity (Wildman–Crippen MR) is 348 cm³/mol. The van der Waals surface area contributed by atoms with Gasteiger partial charge in [0.1, 0.15) is 13.2 Å². The van der Waals surface area contributed by atoms with Gasteiger partial charge >= 0.3 is 17.9 Å². The predicted octanol–water partition coefficient (Wildman–Crippen LogP) is 23.8. The van der Waals surface area contributed by atoms with Crippen LogP contribution < -0.4 is 0 Å². The lowest BCUT2D eigenvalue weighted by Gasteiger charge is -2.18. The van der Waals surface area contributed by atoms with Crippen LogP contribution in [0.4, 0.5) is 0 Å². The van der Waals surface area contributed by atoms with E-state index in [-0.39, 0.29) is 31.1 Å². The number of hydrogen-bond acceptors (Lipinski definition) is 6. The largest absolute Gasteiger partial charge is 0.462 e. The van der Waals surface area contributed by atoms with Crippen LogP contribution in [0.3, 0.4) is 0 Å². The smallest absolute Gasteiger partial charge is 0.306 e. The molecule has 462 valence electrons. The Labute approximate surface area is 496 Å². The van der Waals surface area contributed by atoms with Crippen molar-refractivity contribution in [1.82, 2.24) is 0 Å². The summed E-state index contributed by atoms with van der Waals surface area (Å²) in [5, 5.41) is 0. The summed E-state index contributed by atoms with van der Waals surface area (Å²) >= 11 is 0. The molecule has 1 atom stereocenters. The van der Waals surface area contributed by atoms with Crippen molar-refractivity contribution in [3.05, 3.63) is 85.1 Å². The summed E-state index contributed by atoms with van der Waals surface area (Å²) in [5.74, 6) is -0.881. The molecule has 0 aliphatic carbocycles. The molecular formula is C74H130O6. The van der Waals surface area contributed by atoms with Crippen LogP contribution in [0, 0.1) is 0 Å². The Kier molecular flexibility index (Phi) is 65.2. The molecule has 0 rings (SSSR count). The Hall–Kier alpha value is -3.41. The number of rotatable bonds is 63. The number of hydrogen-bond donors (Lipinski definition) is 0. The molecule has 1 unspecified atom stereocenters. The molecule has 0 heterocycles. The van der Waals surface area contributed by atoms with Gasteiger partial charge in [0.05, 0.1) is 0 Å². The molecule has 6 heteroatoms. The van der Waals surface area contributed by atoms with Crippen molar-refractivity contribution in [1.29, 1.82) is 0 Å². The molecule has 0 saturated heterocycles. The molecule has 0 radical (unpaired) electrons. The Morgan fingerprint density at radius 1 is 0.263 bits per heavy atom. The van der Waals surface area contributed by atoms with Gasteiger partial charge in [0.2, 0.25) is 0 Å². The second-order valence-electron chi connectivity index (χ2n) is 23.1. The normalized spacial score (nSPS) is 12.6. The molecule has 0 aromatic rings. The average molecular weight is 1120 g/mol. The first kappa shape index (κ1) is 76.6. The highest BCUT2D eigenvalue weighted by atomic mass is 16.6. The Morgan fingerprint density at radius 3 is 0.775 bits per heavy atom. The Balaban J connectivity index is 4.39. The monoisotopic (exact) mass is 1110 g/mol. The fourth-order valence-electron chi connectivity index (χ4n) is 9.93. The van der Waals surface area contributed by atoms with E-state index in [0.29, 0.717) is 19.3 Å². The summed E-state index contributed by atoms with van der Waals surface area (Å²) in [6, 6.07) is 0. The first-order chi connectivity index (χ1) is 39.5. The van der Waals surface area contributed by atoms with Gasteiger partial charge in [0.25, 0.3) is 0 Å². The van der Waals surface area contributed by atoms with Crippen LogP contribution in [-0.4, -0.2) is 37.2 Å². The van der Waals surface area contributed by atoms with Crippen LogP contribution in [0.2, 0.25) is 0 Å². The molecule has 0 aliphatic heterocycles. The van der Waals surface area contributed by atoms with Gasteiger partial charge in [-0.1, -0.05) is 298 Å². The Morgan fingerprint density at radius 2 is 0.487 bits per heavy atom. The maximum absolute atomic E-state index is 13.0. The first-order valence-corrected chi connectivity index (χ1v) is 34.6. The van der Waals surface area contributed by atoms with Crippen LogP contribution in [0.15, 0.2) is 85.1 Å². The van der Waals surface area contributed by atoms with Gasteiger partial charge in [-0.25, -0.2) is 0 Å². The Bertz CT molecular complexity index is 1520. The van der Waals surface area contributed by atoms with Gasteiger partial charge in [-0.3, -0.25) is 14.4 Å². The van der Waals surface area contributed by atoms with E-state index < -0.39 is 6.10 Å². The number of carbonyl (C=O) groups excluding carboxylic acids is 3. The molecule has 0 aromatic heterocycles. The van der Waals surface area contributed by atoms with Gasteiger partial charge in [0, 0.05) is 19.3 Å². The van der Waals surface area contributed by atoms with Crippen LogP contribution in [0.5, 0.6) is 0 Å². The van der Waals surface area contributed by atoms with Crippen LogP contribution in [0.25, 0.3) is 0 Å². The third kappa shape index (κ3) is 65.4. The zero-order valence-corrected chi connectivity index (χ0v) is 53.1. The highest BCUT2D eigenvalue weighted by Crippen LogP contribution is 2.17. The van der Waals surface area contributed by atoms with Crippen molar-refractivity contribution in [2.45, 2.75) is 354 Å². The molecule has 80 heavy (non-hydrogen) atoms. The van der Waals surface area contributed by atoms with E-state index in [2.05, 4.69) is 106 Å². The molecule has 0 spiro atoms. The average Bonchev–Trinajstić information content (AvgIpc) is 3.46. The van der Waals surface area contributed by atoms with Crippen LogP contribution in [0.1, 0.15) is 348 Å². The molecular weight excluding hydrogens is 985 g/mol. The lowest BCUT2D eigenvalue weighted by molar-refractivity contribution is -0.167. The van der Waals surface area contributed by atoms with E-state index in [1.807, 2.05) is 0 Å². The molecule has 0 N–H and O–H groups in total. The topological polar surface area (TPSA) is 78.9 Å². The van der Waals surface area contributed by atoms with Crippen molar-refractivity contribution in [3.8, 4) is 0 Å². The van der Waals surface area contributed by atoms with Gasteiger partial charge in [-0.2, -0.15) is 0 Å². The van der Waals surface area contributed by atoms with E-state index in [9.17, 15) is 14.4 Å². The van der Waals surface area contributed by atoms with Gasteiger partial charge in [-0.05, 0) is 116 Å². The fraction of sp³-hybridized carbons (Fsp3) is 0.770. The number of esters is 3. The highest BCUT2D eigenvalue weighted by Gasteiger charge is 2.19. The van der Waals surface area contributed by atoms with Crippen molar-refractivity contribution < 1.29 is 28.6 Å². The van der Waals surface area contributed by atoms with Gasteiger partial charge in [-0.15, -0.1) is 0 Å². The molecule has 0 saturated carbocycles. The summed E-state index contributed by atoms with van der Waals surface area (Å²) in [6.07, 6.45) is 90.2. The van der Waals surface area contributed by atoms with Gasteiger partial charge in [0.15, 0.2) is 6.10 Å². The molecule has 0 fully saturated rings. The summed E-state index contributed by atoms with van der Waals surface area (Å²) in [5.41, 5.74) is 0. The molecule has 0 aromatic carbocycles. The summed E-state index contributed by atoms with van der Waals surface area (Å²) in [6.45, 7) is 6.56. The minimum Gasteiger partial charge on any atom is -0.462 e. The maximum Gasteiger partial charge on any atom is 0.306 e. The number of carbonyl (C=O) groups is 3. The molecule has 0 bridgehead atoms. The van der Waals surface area contributed by atoms with Crippen molar-refractivity contribution in [3.63, 3.8) is 0 Å². The lowest BCUT2D eigenvalue weighted by Crippen LogP contribution is -2.30. The van der Waals surface area contributed by atoms with Gasteiger partial charge < -0.3 is 14.2 Å². The van der Waals surface area contributed by atoms with E-state index >= 15 is 0 Å². The van der Waals surface area contributed by atoms with E-state index in [4.69, 9.17) is 14.2 Å². The van der Waals surface area contributed by atoms with Crippen LogP contribution >= 0.6 is 0 Å². The quantitative estimate of drug-likeness (QED) is 0.0261. The zero-order valence-electron chi connectivity index (χ0n) is 53.1. The molecule has 0 amide bonds. The minimum atomic E-state index is -0.787. The first-order valence-electron chi connectivity index (χ1n) is 34.6. The van der Waals surface area contributed by atoms with E-state index in [1.165, 1.54) is 212 Å². The minimum absolute atomic E-state index is 0.0813. The fourth-order valence-corrected chi connectivity index (χ4v) is 9.93. The second kappa shape index (κ2) is 68.1. The number of ether oxygens (including phenoxy) is 3. The number of unbranched alkanes of at least 4 members (excludes halogenated alkanes) is 38. The van der Waals surface area contributed by atoms with E-state index in [0.717, 1.165) is 96.3 Å². The number of allylic oxidation sites excluding steroid dienone is 14. The summed E-state index contributed by atoms with van der Waals surface area (Å²) < 4.78 is 17.0. The molecule has 0 aliphatic rings. The maximum atomic E-state index is 13.0. The van der Waals surface area contributed by atoms with Crippen molar-refractivity contribution in [2.24, 2.45) is 0 Å². The van der Waals surface area contributed by atoms with E-state index in [1.54, 1.807) is 0 Å². The lowest BCUT2D eigenvalue weighted by atomic mass is 10.1. The highest BCUT2D eigenvalue weighted by molar-refractivity contribution is 5.71. The SMILES string of the molecule is CC/C=C\C/C=C\C/C=C\C/C=C\C/C=C\CCCCCCCCCC(=O)OCC(COC(=O)CCCCCCCCC/C=C\CCCCCCCCC)OC(=O)CCCCCCCCCCC/C=C\CCCCCCCCCC.